The zero-order valence-corrected chi connectivity index (χ0v) is 17.9. The van der Waals surface area contributed by atoms with Crippen molar-refractivity contribution in [3.8, 4) is 11.3 Å². The van der Waals surface area contributed by atoms with Crippen LogP contribution >= 0.6 is 0 Å². The summed E-state index contributed by atoms with van der Waals surface area (Å²) in [6, 6.07) is 15.8. The van der Waals surface area contributed by atoms with Crippen molar-refractivity contribution in [3.63, 3.8) is 0 Å². The Labute approximate surface area is 184 Å². The summed E-state index contributed by atoms with van der Waals surface area (Å²) < 4.78 is 3.62. The molecule has 0 atom stereocenters. The third-order valence-electron chi connectivity index (χ3n) is 5.77. The molecule has 2 N–H and O–H groups in total. The minimum atomic E-state index is -0.0997. The summed E-state index contributed by atoms with van der Waals surface area (Å²) in [6.07, 6.45) is 5.88. The second-order valence-electron chi connectivity index (χ2n) is 7.95. The maximum Gasteiger partial charge on any atom is 0.274 e. The van der Waals surface area contributed by atoms with Gasteiger partial charge in [-0.15, -0.1) is 0 Å². The number of pyridine rings is 2. The van der Waals surface area contributed by atoms with Gasteiger partial charge in [-0.05, 0) is 42.1 Å². The minimum Gasteiger partial charge on any atom is -0.357 e. The fourth-order valence-electron chi connectivity index (χ4n) is 4.09. The van der Waals surface area contributed by atoms with Gasteiger partial charge in [-0.25, -0.2) is 4.98 Å². The van der Waals surface area contributed by atoms with Crippen molar-refractivity contribution in [2.24, 2.45) is 7.05 Å². The van der Waals surface area contributed by atoms with Crippen LogP contribution in [-0.2, 0) is 18.4 Å². The molecule has 5 aromatic rings. The Balaban J connectivity index is 1.39. The summed E-state index contributed by atoms with van der Waals surface area (Å²) in [7, 11) is 1.72. The van der Waals surface area contributed by atoms with Crippen LogP contribution in [0.15, 0.2) is 71.9 Å². The second-order valence-corrected chi connectivity index (χ2v) is 7.95. The number of aromatic amines is 1. The van der Waals surface area contributed by atoms with Gasteiger partial charge >= 0.3 is 0 Å². The van der Waals surface area contributed by atoms with Crippen LogP contribution in [-0.4, -0.2) is 25.0 Å². The van der Waals surface area contributed by atoms with E-state index < -0.39 is 0 Å². The third-order valence-corrected chi connectivity index (χ3v) is 5.77. The molecule has 5 rings (SSSR count). The number of nitrogens with one attached hydrogen (secondary N) is 2. The molecule has 0 radical (unpaired) electrons. The molecule has 1 aromatic carbocycles. The molecule has 0 saturated carbocycles. The number of H-pyrrole nitrogens is 1. The average molecular weight is 425 g/mol. The van der Waals surface area contributed by atoms with E-state index in [-0.39, 0.29) is 11.5 Å². The van der Waals surface area contributed by atoms with E-state index in [9.17, 15) is 9.59 Å². The molecule has 7 heteroatoms. The number of amides is 1. The van der Waals surface area contributed by atoms with E-state index in [0.29, 0.717) is 24.3 Å². The molecule has 0 bridgehead atoms. The van der Waals surface area contributed by atoms with Gasteiger partial charge in [-0.2, -0.15) is 0 Å². The van der Waals surface area contributed by atoms with Crippen LogP contribution in [0.3, 0.4) is 0 Å². The fourth-order valence-corrected chi connectivity index (χ4v) is 4.09. The summed E-state index contributed by atoms with van der Waals surface area (Å²) in [4.78, 5) is 32.7. The maximum absolute atomic E-state index is 12.6. The van der Waals surface area contributed by atoms with Gasteiger partial charge < -0.3 is 19.4 Å². The summed E-state index contributed by atoms with van der Waals surface area (Å²) in [5.74, 6) is 0.392. The third kappa shape index (κ3) is 3.47. The molecule has 160 valence electrons. The Hall–Kier alpha value is -4.13. The van der Waals surface area contributed by atoms with Crippen molar-refractivity contribution in [2.75, 3.05) is 5.32 Å². The molecular weight excluding hydrogens is 402 g/mol. The van der Waals surface area contributed by atoms with Gasteiger partial charge in [0, 0.05) is 55.1 Å². The molecular formula is C25H23N5O2. The number of nitrogens with zero attached hydrogens (tertiary/aromatic N) is 3. The van der Waals surface area contributed by atoms with Crippen molar-refractivity contribution < 1.29 is 4.79 Å². The zero-order chi connectivity index (χ0) is 22.2. The predicted octanol–water partition coefficient (Wildman–Crippen LogP) is 4.22. The zero-order valence-electron chi connectivity index (χ0n) is 17.9. The maximum atomic E-state index is 12.6. The first-order chi connectivity index (χ1) is 15.5. The first-order valence-electron chi connectivity index (χ1n) is 10.5. The topological polar surface area (TPSA) is 84.7 Å². The highest BCUT2D eigenvalue weighted by Gasteiger charge is 2.14. The van der Waals surface area contributed by atoms with Crippen LogP contribution in [0.25, 0.3) is 33.1 Å². The summed E-state index contributed by atoms with van der Waals surface area (Å²) in [6.45, 7) is 2.55. The number of para-hydroxylation sites is 1. The number of rotatable bonds is 5. The highest BCUT2D eigenvalue weighted by molar-refractivity contribution is 5.95. The van der Waals surface area contributed by atoms with Gasteiger partial charge in [0.2, 0.25) is 5.91 Å². The minimum absolute atomic E-state index is 0.0894. The number of carbonyl (C=O) groups is 1. The van der Waals surface area contributed by atoms with Gasteiger partial charge in [0.25, 0.3) is 5.56 Å². The first-order valence-corrected chi connectivity index (χ1v) is 10.5. The summed E-state index contributed by atoms with van der Waals surface area (Å²) in [5, 5.41) is 4.89. The van der Waals surface area contributed by atoms with Crippen LogP contribution in [0.2, 0.25) is 0 Å². The molecule has 0 fully saturated rings. The number of aryl methyl sites for hydroxylation is 3. The fraction of sp³-hybridized carbons (Fsp3) is 0.160. The van der Waals surface area contributed by atoms with Crippen LogP contribution in [0.5, 0.6) is 0 Å². The quantitative estimate of drug-likeness (QED) is 0.442. The lowest BCUT2D eigenvalue weighted by atomic mass is 10.0. The molecule has 4 aromatic heterocycles. The van der Waals surface area contributed by atoms with E-state index in [0.717, 1.165) is 33.1 Å². The van der Waals surface area contributed by atoms with E-state index >= 15 is 0 Å². The number of hydrogen-bond donors (Lipinski definition) is 2. The number of fused-ring (bicyclic) bond motifs is 2. The van der Waals surface area contributed by atoms with Crippen LogP contribution in [0, 0.1) is 6.92 Å². The second kappa shape index (κ2) is 7.85. The lowest BCUT2D eigenvalue weighted by Crippen LogP contribution is -2.17. The number of anilines is 1. The molecule has 0 unspecified atom stereocenters. The lowest BCUT2D eigenvalue weighted by Gasteiger charge is -2.12. The van der Waals surface area contributed by atoms with Gasteiger partial charge in [-0.3, -0.25) is 9.59 Å². The Morgan fingerprint density at radius 3 is 2.84 bits per heavy atom. The van der Waals surface area contributed by atoms with E-state index in [4.69, 9.17) is 4.98 Å². The van der Waals surface area contributed by atoms with Crippen molar-refractivity contribution in [3.05, 3.63) is 83.0 Å². The molecule has 0 spiro atoms. The van der Waals surface area contributed by atoms with Crippen molar-refractivity contribution in [2.45, 2.75) is 19.9 Å². The largest absolute Gasteiger partial charge is 0.357 e. The molecule has 1 amide bonds. The SMILES string of the molecule is Cc1ccc(NC(=O)CCn2ccc3ccccc32)nc1-c1cn(C)c(=O)c2[nH]ccc12. The standard InChI is InChI=1S/C25H23N5O2/c1-16-7-8-21(27-22(31)11-14-30-13-10-17-5-3-4-6-20(17)30)28-23(16)19-15-29(2)25(32)24-18(19)9-12-26-24/h3-10,12-13,15,26H,11,14H2,1-2H3,(H,27,28,31). The predicted molar refractivity (Wildman–Crippen MR) is 127 cm³/mol. The molecule has 0 aliphatic heterocycles. The van der Waals surface area contributed by atoms with Crippen molar-refractivity contribution in [1.29, 1.82) is 0 Å². The number of aromatic nitrogens is 4. The van der Waals surface area contributed by atoms with Crippen LogP contribution in [0.1, 0.15) is 12.0 Å². The monoisotopic (exact) mass is 425 g/mol. The number of hydrogen-bond acceptors (Lipinski definition) is 3. The molecule has 32 heavy (non-hydrogen) atoms. The molecule has 0 aliphatic rings. The van der Waals surface area contributed by atoms with Crippen molar-refractivity contribution in [1.82, 2.24) is 19.1 Å². The van der Waals surface area contributed by atoms with Crippen LogP contribution in [0.4, 0.5) is 5.82 Å². The Morgan fingerprint density at radius 1 is 1.12 bits per heavy atom. The molecule has 0 saturated heterocycles. The van der Waals surface area contributed by atoms with Crippen molar-refractivity contribution >= 4 is 33.5 Å². The smallest absolute Gasteiger partial charge is 0.274 e. The van der Waals surface area contributed by atoms with Gasteiger partial charge in [0.15, 0.2) is 0 Å². The van der Waals surface area contributed by atoms with E-state index in [1.165, 1.54) is 0 Å². The van der Waals surface area contributed by atoms with Gasteiger partial charge in [0.05, 0.1) is 5.69 Å². The van der Waals surface area contributed by atoms with E-state index in [2.05, 4.69) is 33.1 Å². The van der Waals surface area contributed by atoms with E-state index in [1.54, 1.807) is 30.1 Å². The average Bonchev–Trinajstić information content (AvgIpc) is 3.44. The molecule has 7 nitrogen and oxygen atoms in total. The normalized spacial score (nSPS) is 11.3. The lowest BCUT2D eigenvalue weighted by molar-refractivity contribution is -0.116. The Kier molecular flexibility index (Phi) is 4.86. The number of carbonyl (C=O) groups excluding carboxylic acids is 1. The molecule has 4 heterocycles. The Bertz CT molecular complexity index is 1520. The highest BCUT2D eigenvalue weighted by atomic mass is 16.1. The van der Waals surface area contributed by atoms with Gasteiger partial charge in [0.1, 0.15) is 11.3 Å². The number of benzene rings is 1. The summed E-state index contributed by atoms with van der Waals surface area (Å²) in [5.41, 5.74) is 4.10. The summed E-state index contributed by atoms with van der Waals surface area (Å²) >= 11 is 0. The Morgan fingerprint density at radius 2 is 1.97 bits per heavy atom. The highest BCUT2D eigenvalue weighted by Crippen LogP contribution is 2.28. The van der Waals surface area contributed by atoms with Crippen LogP contribution < -0.4 is 10.9 Å². The first kappa shape index (κ1) is 19.8. The molecule has 0 aliphatic carbocycles. The van der Waals surface area contributed by atoms with E-state index in [1.807, 2.05) is 37.4 Å². The van der Waals surface area contributed by atoms with Gasteiger partial charge in [-0.1, -0.05) is 24.3 Å².